The van der Waals surface area contributed by atoms with Crippen LogP contribution in [0.5, 0.6) is 0 Å². The van der Waals surface area contributed by atoms with Gasteiger partial charge in [0.05, 0.1) is 99.1 Å². The number of carbonyl (C=O) groups is 1. The zero-order valence-corrected chi connectivity index (χ0v) is 31.3. The summed E-state index contributed by atoms with van der Waals surface area (Å²) in [6, 6.07) is 0. The molecule has 0 fully saturated rings. The quantitative estimate of drug-likeness (QED) is 0.0466. The highest BCUT2D eigenvalue weighted by molar-refractivity contribution is 5.69. The molecule has 0 spiro atoms. The van der Waals surface area contributed by atoms with Crippen LogP contribution in [0.2, 0.25) is 0 Å². The van der Waals surface area contributed by atoms with E-state index in [2.05, 4.69) is 13.8 Å². The molecule has 0 saturated carbocycles. The normalized spacial score (nSPS) is 11.5. The summed E-state index contributed by atoms with van der Waals surface area (Å²) in [7, 11) is 0. The molecule has 0 aliphatic heterocycles. The highest BCUT2D eigenvalue weighted by Crippen LogP contribution is 2.13. The van der Waals surface area contributed by atoms with E-state index in [1.165, 1.54) is 83.5 Å². The van der Waals surface area contributed by atoms with Crippen LogP contribution in [0.25, 0.3) is 0 Å². The van der Waals surface area contributed by atoms with Crippen LogP contribution in [0.4, 0.5) is 0 Å². The second-order valence-electron chi connectivity index (χ2n) is 12.2. The van der Waals surface area contributed by atoms with Crippen LogP contribution in [-0.2, 0) is 47.4 Å². The van der Waals surface area contributed by atoms with Gasteiger partial charge in [-0.05, 0) is 12.8 Å². The topological polar surface area (TPSA) is 100 Å². The molecule has 0 saturated heterocycles. The molecule has 0 aromatic rings. The van der Waals surface area contributed by atoms with Gasteiger partial charge >= 0.3 is 5.97 Å². The van der Waals surface area contributed by atoms with Gasteiger partial charge in [0, 0.05) is 13.0 Å². The minimum Gasteiger partial charge on any atom is -0.463 e. The van der Waals surface area contributed by atoms with Gasteiger partial charge in [0.1, 0.15) is 6.61 Å². The first kappa shape index (κ1) is 47.1. The van der Waals surface area contributed by atoms with Crippen LogP contribution < -0.4 is 0 Å². The molecule has 48 heavy (non-hydrogen) atoms. The van der Waals surface area contributed by atoms with Crippen molar-refractivity contribution < 1.29 is 47.4 Å². The number of unbranched alkanes of at least 4 members (excludes halogenated alkanes) is 15. The molecule has 0 rings (SSSR count). The van der Waals surface area contributed by atoms with E-state index in [1.54, 1.807) is 0 Å². The molecule has 0 aliphatic carbocycles. The second kappa shape index (κ2) is 44.2. The largest absolute Gasteiger partial charge is 0.463 e. The first-order chi connectivity index (χ1) is 23.8. The van der Waals surface area contributed by atoms with Gasteiger partial charge in [-0.2, -0.15) is 0 Å². The summed E-state index contributed by atoms with van der Waals surface area (Å²) in [6.45, 7) is 13.4. The summed E-state index contributed by atoms with van der Waals surface area (Å²) >= 11 is 0. The van der Waals surface area contributed by atoms with E-state index < -0.39 is 0 Å². The van der Waals surface area contributed by atoms with E-state index in [4.69, 9.17) is 42.6 Å². The maximum absolute atomic E-state index is 11.5. The van der Waals surface area contributed by atoms with Crippen LogP contribution in [0.1, 0.15) is 129 Å². The molecule has 0 unspecified atom stereocenters. The van der Waals surface area contributed by atoms with Crippen molar-refractivity contribution in [2.45, 2.75) is 129 Å². The summed E-state index contributed by atoms with van der Waals surface area (Å²) in [4.78, 5) is 11.5. The van der Waals surface area contributed by atoms with Crippen molar-refractivity contribution in [3.63, 3.8) is 0 Å². The lowest BCUT2D eigenvalue weighted by Gasteiger charge is -2.09. The monoisotopic (exact) mass is 693 g/mol. The zero-order valence-electron chi connectivity index (χ0n) is 31.3. The van der Waals surface area contributed by atoms with Gasteiger partial charge in [0.25, 0.3) is 0 Å². The van der Waals surface area contributed by atoms with Gasteiger partial charge in [-0.25, -0.2) is 0 Å². The summed E-state index contributed by atoms with van der Waals surface area (Å²) in [5, 5.41) is 0. The molecular weight excluding hydrogens is 616 g/mol. The van der Waals surface area contributed by atoms with E-state index in [0.29, 0.717) is 112 Å². The molecule has 0 aromatic carbocycles. The predicted octanol–water partition coefficient (Wildman–Crippen LogP) is 7.72. The smallest absolute Gasteiger partial charge is 0.305 e. The summed E-state index contributed by atoms with van der Waals surface area (Å²) in [5.41, 5.74) is 0. The van der Waals surface area contributed by atoms with Crippen LogP contribution in [-0.4, -0.2) is 118 Å². The van der Waals surface area contributed by atoms with Gasteiger partial charge in [-0.1, -0.05) is 110 Å². The van der Waals surface area contributed by atoms with Crippen LogP contribution >= 0.6 is 0 Å². The molecular formula is C38H76O10. The Hall–Kier alpha value is -0.850. The third kappa shape index (κ3) is 43.2. The van der Waals surface area contributed by atoms with Crippen molar-refractivity contribution in [1.29, 1.82) is 0 Å². The van der Waals surface area contributed by atoms with Crippen molar-refractivity contribution in [3.8, 4) is 0 Å². The second-order valence-corrected chi connectivity index (χ2v) is 12.2. The Kier molecular flexibility index (Phi) is 43.4. The van der Waals surface area contributed by atoms with Crippen molar-refractivity contribution in [3.05, 3.63) is 0 Å². The summed E-state index contributed by atoms with van der Waals surface area (Å²) in [5.74, 6) is -0.152. The molecule has 0 N–H and O–H groups in total. The van der Waals surface area contributed by atoms with Gasteiger partial charge in [-0.15, -0.1) is 0 Å². The Balaban J connectivity index is 3.07. The molecule has 0 amide bonds. The van der Waals surface area contributed by atoms with Gasteiger partial charge < -0.3 is 42.6 Å². The fourth-order valence-electron chi connectivity index (χ4n) is 4.85. The molecule has 0 heterocycles. The maximum atomic E-state index is 11.5. The van der Waals surface area contributed by atoms with Crippen molar-refractivity contribution in [2.75, 3.05) is 112 Å². The lowest BCUT2D eigenvalue weighted by Crippen LogP contribution is -2.15. The number of carbonyl (C=O) groups excluding carboxylic acids is 1. The minimum atomic E-state index is -0.152. The number of ether oxygens (including phenoxy) is 9. The molecule has 0 radical (unpaired) electrons. The van der Waals surface area contributed by atoms with Crippen LogP contribution in [0.15, 0.2) is 0 Å². The number of rotatable bonds is 43. The van der Waals surface area contributed by atoms with E-state index in [0.717, 1.165) is 32.3 Å². The molecule has 288 valence electrons. The Bertz CT molecular complexity index is 596. The van der Waals surface area contributed by atoms with E-state index in [1.807, 2.05) is 0 Å². The van der Waals surface area contributed by atoms with E-state index >= 15 is 0 Å². The number of hydrogen-bond acceptors (Lipinski definition) is 10. The highest BCUT2D eigenvalue weighted by atomic mass is 16.6. The summed E-state index contributed by atoms with van der Waals surface area (Å²) in [6.07, 6.45) is 22.8. The first-order valence-electron chi connectivity index (χ1n) is 19.6. The van der Waals surface area contributed by atoms with Crippen LogP contribution in [0.3, 0.4) is 0 Å². The molecule has 0 atom stereocenters. The van der Waals surface area contributed by atoms with Gasteiger partial charge in [-0.3, -0.25) is 4.79 Å². The Morgan fingerprint density at radius 3 is 0.875 bits per heavy atom. The third-order valence-corrected chi connectivity index (χ3v) is 7.72. The van der Waals surface area contributed by atoms with E-state index in [9.17, 15) is 4.79 Å². The van der Waals surface area contributed by atoms with Crippen molar-refractivity contribution in [1.82, 2.24) is 0 Å². The lowest BCUT2D eigenvalue weighted by molar-refractivity contribution is -0.145. The Morgan fingerprint density at radius 2 is 0.542 bits per heavy atom. The SMILES string of the molecule is CCCCCCCCCCCCCCCCOCCOCCOCCOCCOCCOCCOCCOCCOC(=O)CCCCC. The average Bonchev–Trinajstić information content (AvgIpc) is 3.09. The number of hydrogen-bond donors (Lipinski definition) is 0. The summed E-state index contributed by atoms with van der Waals surface area (Å²) < 4.78 is 49.2. The number of esters is 1. The Morgan fingerprint density at radius 1 is 0.292 bits per heavy atom. The van der Waals surface area contributed by atoms with Gasteiger partial charge in [0.2, 0.25) is 0 Å². The van der Waals surface area contributed by atoms with Crippen molar-refractivity contribution >= 4 is 5.97 Å². The molecule has 10 nitrogen and oxygen atoms in total. The van der Waals surface area contributed by atoms with E-state index in [-0.39, 0.29) is 5.97 Å². The minimum absolute atomic E-state index is 0.152. The highest BCUT2D eigenvalue weighted by Gasteiger charge is 2.02. The Labute approximate surface area is 294 Å². The molecule has 0 aromatic heterocycles. The predicted molar refractivity (Wildman–Crippen MR) is 192 cm³/mol. The third-order valence-electron chi connectivity index (χ3n) is 7.72. The van der Waals surface area contributed by atoms with Crippen molar-refractivity contribution in [2.24, 2.45) is 0 Å². The molecule has 0 bridgehead atoms. The molecule has 10 heteroatoms. The fraction of sp³-hybridized carbons (Fsp3) is 0.974. The van der Waals surface area contributed by atoms with Gasteiger partial charge in [0.15, 0.2) is 0 Å². The standard InChI is InChI=1S/C38H76O10/c1-3-5-7-8-9-10-11-12-13-14-15-16-17-19-21-40-22-23-41-24-25-42-26-27-43-28-29-44-30-31-45-32-33-46-34-35-47-36-37-48-38(39)20-18-6-4-2/h3-37H2,1-2H3. The van der Waals surface area contributed by atoms with Crippen LogP contribution in [0, 0.1) is 0 Å². The maximum Gasteiger partial charge on any atom is 0.305 e. The average molecular weight is 693 g/mol. The fourth-order valence-corrected chi connectivity index (χ4v) is 4.85. The zero-order chi connectivity index (χ0) is 34.7. The molecule has 0 aliphatic rings. The lowest BCUT2D eigenvalue weighted by atomic mass is 10.0. The first-order valence-corrected chi connectivity index (χ1v) is 19.6.